The summed E-state index contributed by atoms with van der Waals surface area (Å²) in [6.45, 7) is 14.1. The van der Waals surface area contributed by atoms with Crippen LogP contribution in [0.25, 0.3) is 0 Å². The van der Waals surface area contributed by atoms with Gasteiger partial charge in [0.05, 0.1) is 0 Å². The van der Waals surface area contributed by atoms with E-state index >= 15 is 0 Å². The van der Waals surface area contributed by atoms with Crippen molar-refractivity contribution in [2.24, 2.45) is 0 Å². The van der Waals surface area contributed by atoms with Crippen molar-refractivity contribution in [3.63, 3.8) is 0 Å². The normalized spacial score (nSPS) is 20.9. The van der Waals surface area contributed by atoms with E-state index in [0.29, 0.717) is 0 Å². The Bertz CT molecular complexity index is 540. The lowest BCUT2D eigenvalue weighted by atomic mass is 10.0. The van der Waals surface area contributed by atoms with E-state index in [9.17, 15) is 0 Å². The second-order valence-electron chi connectivity index (χ2n) is 9.64. The summed E-state index contributed by atoms with van der Waals surface area (Å²) >= 11 is 0. The molecule has 2 aliphatic rings. The Balaban J connectivity index is 0. The van der Waals surface area contributed by atoms with Crippen LogP contribution in [-0.4, -0.2) is 61.2 Å². The van der Waals surface area contributed by atoms with Gasteiger partial charge < -0.3 is 20.4 Å². The Kier molecular flexibility index (Phi) is 22.8. The quantitative estimate of drug-likeness (QED) is 0.304. The van der Waals surface area contributed by atoms with Crippen molar-refractivity contribution in [3.8, 4) is 0 Å². The Morgan fingerprint density at radius 1 is 0.647 bits per heavy atom. The lowest BCUT2D eigenvalue weighted by Crippen LogP contribution is -2.38. The fraction of sp³-hybridized carbons (Fsp3) is 0.769. The molecule has 34 heavy (non-hydrogen) atoms. The van der Waals surface area contributed by atoms with E-state index in [1.54, 1.807) is 0 Å². The second-order valence-corrected chi connectivity index (χ2v) is 9.64. The monoisotopic (exact) mass is 558 g/mol. The Hall–Kier alpha value is 0.220. The molecule has 4 nitrogen and oxygen atoms in total. The van der Waals surface area contributed by atoms with Crippen LogP contribution < -0.4 is 10.6 Å². The molecule has 2 atom stereocenters. The van der Waals surface area contributed by atoms with Gasteiger partial charge in [0, 0.05) is 25.2 Å². The molecule has 2 N–H and O–H groups in total. The molecule has 1 aromatic carbocycles. The number of benzene rings is 1. The lowest BCUT2D eigenvalue weighted by molar-refractivity contribution is 0.159. The summed E-state index contributed by atoms with van der Waals surface area (Å²) in [7, 11) is 0. The van der Waals surface area contributed by atoms with Gasteiger partial charge in [-0.25, -0.2) is 0 Å². The summed E-state index contributed by atoms with van der Waals surface area (Å²) in [5.41, 5.74) is 2.79. The van der Waals surface area contributed by atoms with E-state index in [1.807, 2.05) is 0 Å². The minimum atomic E-state index is 0. The van der Waals surface area contributed by atoms with Gasteiger partial charge in [-0.3, -0.25) is 0 Å². The molecule has 0 bridgehead atoms. The van der Waals surface area contributed by atoms with Crippen molar-refractivity contribution in [3.05, 3.63) is 35.4 Å². The fourth-order valence-electron chi connectivity index (χ4n) is 5.03. The number of halogens is 4. The first kappa shape index (κ1) is 36.4. The fourth-order valence-corrected chi connectivity index (χ4v) is 5.03. The molecule has 0 unspecified atom stereocenters. The average molecular weight is 561 g/mol. The van der Waals surface area contributed by atoms with Gasteiger partial charge in [0.1, 0.15) is 0 Å². The molecule has 1 aromatic rings. The SMILES string of the molecule is C[C@@H]1CCCCN1CCCNCc1ccc(CNCCCN2CCCC[C@@H]2C)cc1.Cl.Cl.Cl.Cl. The Morgan fingerprint density at radius 3 is 1.38 bits per heavy atom. The second kappa shape index (κ2) is 21.3. The number of hydrogen-bond acceptors (Lipinski definition) is 4. The Labute approximate surface area is 234 Å². The first-order valence-electron chi connectivity index (χ1n) is 12.7. The van der Waals surface area contributed by atoms with Crippen molar-refractivity contribution in [2.45, 2.75) is 90.4 Å². The lowest BCUT2D eigenvalue weighted by Gasteiger charge is -2.33. The van der Waals surface area contributed by atoms with Crippen LogP contribution in [0.2, 0.25) is 0 Å². The van der Waals surface area contributed by atoms with Crippen molar-refractivity contribution in [1.82, 2.24) is 20.4 Å². The predicted molar refractivity (Wildman–Crippen MR) is 158 cm³/mol. The molecule has 2 fully saturated rings. The smallest absolute Gasteiger partial charge is 0.0205 e. The van der Waals surface area contributed by atoms with Gasteiger partial charge in [-0.05, 0) is 103 Å². The summed E-state index contributed by atoms with van der Waals surface area (Å²) in [4.78, 5) is 5.33. The maximum absolute atomic E-state index is 3.62. The standard InChI is InChI=1S/C26H46N4.4ClH/c1-23-9-3-5-17-29(23)19-7-15-27-21-25-11-13-26(14-12-25)22-28-16-8-20-30-18-6-4-10-24(30)2;;;;/h11-14,23-24,27-28H,3-10,15-22H2,1-2H3;4*1H/t23-,24+;;;;. The van der Waals surface area contributed by atoms with Crippen LogP contribution in [0.5, 0.6) is 0 Å². The third kappa shape index (κ3) is 13.5. The zero-order valence-electron chi connectivity index (χ0n) is 21.3. The number of nitrogens with one attached hydrogen (secondary N) is 2. The van der Waals surface area contributed by atoms with Gasteiger partial charge >= 0.3 is 0 Å². The first-order chi connectivity index (χ1) is 14.7. The van der Waals surface area contributed by atoms with Crippen molar-refractivity contribution in [1.29, 1.82) is 0 Å². The molecule has 2 saturated heterocycles. The molecular weight excluding hydrogens is 510 g/mol. The van der Waals surface area contributed by atoms with E-state index in [2.05, 4.69) is 58.5 Å². The molecule has 0 aromatic heterocycles. The summed E-state index contributed by atoms with van der Waals surface area (Å²) in [5, 5.41) is 7.25. The Morgan fingerprint density at radius 2 is 1.03 bits per heavy atom. The van der Waals surface area contributed by atoms with Crippen molar-refractivity contribution in [2.75, 3.05) is 39.3 Å². The third-order valence-corrected chi connectivity index (χ3v) is 7.16. The van der Waals surface area contributed by atoms with Gasteiger partial charge in [0.2, 0.25) is 0 Å². The highest BCUT2D eigenvalue weighted by Gasteiger charge is 2.17. The minimum Gasteiger partial charge on any atom is -0.313 e. The van der Waals surface area contributed by atoms with E-state index in [-0.39, 0.29) is 49.6 Å². The van der Waals surface area contributed by atoms with E-state index in [0.717, 1.165) is 38.3 Å². The summed E-state index contributed by atoms with van der Waals surface area (Å²) in [5.74, 6) is 0. The third-order valence-electron chi connectivity index (χ3n) is 7.16. The molecule has 0 saturated carbocycles. The molecule has 0 amide bonds. The highest BCUT2D eigenvalue weighted by Crippen LogP contribution is 2.17. The van der Waals surface area contributed by atoms with Crippen molar-refractivity contribution < 1.29 is 0 Å². The maximum atomic E-state index is 3.62. The molecule has 3 rings (SSSR count). The average Bonchev–Trinajstić information content (AvgIpc) is 2.77. The summed E-state index contributed by atoms with van der Waals surface area (Å²) < 4.78 is 0. The molecule has 8 heteroatoms. The summed E-state index contributed by atoms with van der Waals surface area (Å²) in [6, 6.07) is 10.7. The number of likely N-dealkylation sites (tertiary alicyclic amines) is 2. The maximum Gasteiger partial charge on any atom is 0.0205 e. The van der Waals surface area contributed by atoms with E-state index in [4.69, 9.17) is 0 Å². The molecule has 2 aliphatic heterocycles. The zero-order valence-corrected chi connectivity index (χ0v) is 24.6. The van der Waals surface area contributed by atoms with Gasteiger partial charge in [-0.2, -0.15) is 0 Å². The van der Waals surface area contributed by atoms with Crippen LogP contribution >= 0.6 is 49.6 Å². The van der Waals surface area contributed by atoms with E-state index < -0.39 is 0 Å². The molecular formula is C26H50Cl4N4. The van der Waals surface area contributed by atoms with Crippen LogP contribution in [0.1, 0.15) is 76.3 Å². The minimum absolute atomic E-state index is 0. The first-order valence-corrected chi connectivity index (χ1v) is 12.7. The highest BCUT2D eigenvalue weighted by atomic mass is 35.5. The summed E-state index contributed by atoms with van der Waals surface area (Å²) in [6.07, 6.45) is 10.9. The molecule has 0 radical (unpaired) electrons. The van der Waals surface area contributed by atoms with Crippen LogP contribution in [0.3, 0.4) is 0 Å². The van der Waals surface area contributed by atoms with Crippen LogP contribution in [0, 0.1) is 0 Å². The molecule has 0 spiro atoms. The van der Waals surface area contributed by atoms with Gasteiger partial charge in [-0.15, -0.1) is 49.6 Å². The topological polar surface area (TPSA) is 30.5 Å². The van der Waals surface area contributed by atoms with Crippen LogP contribution in [0.4, 0.5) is 0 Å². The molecule has 2 heterocycles. The van der Waals surface area contributed by atoms with Crippen LogP contribution in [-0.2, 0) is 13.1 Å². The van der Waals surface area contributed by atoms with Gasteiger partial charge in [-0.1, -0.05) is 37.1 Å². The van der Waals surface area contributed by atoms with Crippen molar-refractivity contribution >= 4 is 49.6 Å². The number of hydrogen-bond donors (Lipinski definition) is 2. The van der Waals surface area contributed by atoms with E-state index in [1.165, 1.54) is 88.7 Å². The zero-order chi connectivity index (χ0) is 21.0. The van der Waals surface area contributed by atoms with Crippen LogP contribution in [0.15, 0.2) is 24.3 Å². The highest BCUT2D eigenvalue weighted by molar-refractivity contribution is 5.86. The number of piperidine rings is 2. The van der Waals surface area contributed by atoms with Gasteiger partial charge in [0.25, 0.3) is 0 Å². The number of rotatable bonds is 12. The van der Waals surface area contributed by atoms with Gasteiger partial charge in [0.15, 0.2) is 0 Å². The largest absolute Gasteiger partial charge is 0.313 e. The molecule has 202 valence electrons. The number of nitrogens with zero attached hydrogens (tertiary/aromatic N) is 2. The predicted octanol–water partition coefficient (Wildman–Crippen LogP) is 6.08. The molecule has 0 aliphatic carbocycles.